The van der Waals surface area contributed by atoms with Crippen molar-refractivity contribution in [3.8, 4) is 0 Å². The number of alkyl halides is 3. The fraction of sp³-hybridized carbons (Fsp3) is 0.409. The van der Waals surface area contributed by atoms with Gasteiger partial charge in [0.15, 0.2) is 0 Å². The quantitative estimate of drug-likeness (QED) is 0.784. The Labute approximate surface area is 178 Å². The van der Waals surface area contributed by atoms with Crippen molar-refractivity contribution in [3.63, 3.8) is 0 Å². The molecule has 1 saturated heterocycles. The van der Waals surface area contributed by atoms with Crippen molar-refractivity contribution in [2.75, 3.05) is 26.2 Å². The van der Waals surface area contributed by atoms with E-state index < -0.39 is 17.8 Å². The van der Waals surface area contributed by atoms with E-state index in [0.717, 1.165) is 17.7 Å². The lowest BCUT2D eigenvalue weighted by molar-refractivity contribution is -0.139. The van der Waals surface area contributed by atoms with E-state index in [1.54, 1.807) is 17.0 Å². The van der Waals surface area contributed by atoms with Crippen molar-refractivity contribution in [1.82, 2.24) is 15.2 Å². The van der Waals surface area contributed by atoms with E-state index in [2.05, 4.69) is 10.3 Å². The van der Waals surface area contributed by atoms with E-state index in [9.17, 15) is 22.8 Å². The highest BCUT2D eigenvalue weighted by molar-refractivity contribution is 5.83. The van der Waals surface area contributed by atoms with Gasteiger partial charge < -0.3 is 15.0 Å². The number of pyridine rings is 1. The molecule has 1 fully saturated rings. The second kappa shape index (κ2) is 9.47. The summed E-state index contributed by atoms with van der Waals surface area (Å²) < 4.78 is 44.8. The number of ether oxygens (including phenoxy) is 1. The van der Waals surface area contributed by atoms with Crippen LogP contribution >= 0.6 is 0 Å². The standard InChI is InChI=1S/C22H24F3N3O3/c1-14-8-17(9-16-4-3-5-18(10-16)22(23,24)25)11-19(27-14)20-13-28(6-7-31-20)21(30)12-26-15(2)29/h3-5,8,10-11,20H,6-7,9,12-13H2,1-2H3,(H,26,29)/t20-/m0/s1. The van der Waals surface area contributed by atoms with E-state index in [0.29, 0.717) is 36.5 Å². The molecule has 166 valence electrons. The van der Waals surface area contributed by atoms with Crippen molar-refractivity contribution >= 4 is 11.8 Å². The first-order valence-corrected chi connectivity index (χ1v) is 9.89. The summed E-state index contributed by atoms with van der Waals surface area (Å²) in [5.41, 5.74) is 2.01. The minimum Gasteiger partial charge on any atom is -0.368 e. The van der Waals surface area contributed by atoms with Crippen LogP contribution in [-0.4, -0.2) is 47.9 Å². The van der Waals surface area contributed by atoms with Crippen molar-refractivity contribution in [2.24, 2.45) is 0 Å². The van der Waals surface area contributed by atoms with E-state index in [1.807, 2.05) is 13.0 Å². The maximum Gasteiger partial charge on any atom is 0.416 e. The normalized spacial score (nSPS) is 16.8. The first-order valence-electron chi connectivity index (χ1n) is 9.89. The van der Waals surface area contributed by atoms with Gasteiger partial charge in [0.1, 0.15) is 6.10 Å². The van der Waals surface area contributed by atoms with Gasteiger partial charge in [-0.3, -0.25) is 14.6 Å². The van der Waals surface area contributed by atoms with Gasteiger partial charge in [0, 0.05) is 19.2 Å². The maximum absolute atomic E-state index is 13.0. The van der Waals surface area contributed by atoms with Gasteiger partial charge in [-0.2, -0.15) is 13.2 Å². The van der Waals surface area contributed by atoms with Crippen LogP contribution in [0.25, 0.3) is 0 Å². The number of hydrogen-bond donors (Lipinski definition) is 1. The molecule has 3 rings (SSSR count). The predicted octanol–water partition coefficient (Wildman–Crippen LogP) is 3.04. The highest BCUT2D eigenvalue weighted by Gasteiger charge is 2.30. The average Bonchev–Trinajstić information content (AvgIpc) is 2.71. The molecule has 0 unspecified atom stereocenters. The zero-order valence-electron chi connectivity index (χ0n) is 17.3. The summed E-state index contributed by atoms with van der Waals surface area (Å²) in [5.74, 6) is -0.488. The molecule has 1 N–H and O–H groups in total. The highest BCUT2D eigenvalue weighted by atomic mass is 19.4. The second-order valence-corrected chi connectivity index (χ2v) is 7.53. The van der Waals surface area contributed by atoms with Gasteiger partial charge >= 0.3 is 6.18 Å². The molecule has 0 radical (unpaired) electrons. The van der Waals surface area contributed by atoms with Crippen LogP contribution in [0, 0.1) is 6.92 Å². The number of carbonyl (C=O) groups is 2. The zero-order chi connectivity index (χ0) is 22.6. The summed E-state index contributed by atoms with van der Waals surface area (Å²) in [6.07, 6.45) is -4.52. The van der Waals surface area contributed by atoms with Crippen LogP contribution in [0.15, 0.2) is 36.4 Å². The summed E-state index contributed by atoms with van der Waals surface area (Å²) in [6, 6.07) is 8.89. The van der Waals surface area contributed by atoms with Crippen LogP contribution in [-0.2, 0) is 26.9 Å². The lowest BCUT2D eigenvalue weighted by atomic mass is 10.0. The third-order valence-corrected chi connectivity index (χ3v) is 4.93. The van der Waals surface area contributed by atoms with Gasteiger partial charge in [-0.05, 0) is 42.7 Å². The predicted molar refractivity (Wildman–Crippen MR) is 107 cm³/mol. The number of hydrogen-bond acceptors (Lipinski definition) is 4. The highest BCUT2D eigenvalue weighted by Crippen LogP contribution is 2.30. The number of morpholine rings is 1. The Morgan fingerprint density at radius 3 is 2.71 bits per heavy atom. The molecule has 1 aliphatic rings. The van der Waals surface area contributed by atoms with Gasteiger partial charge in [-0.15, -0.1) is 0 Å². The molecule has 2 aromatic rings. The fourth-order valence-corrected chi connectivity index (χ4v) is 3.50. The van der Waals surface area contributed by atoms with E-state index in [4.69, 9.17) is 4.74 Å². The molecule has 0 saturated carbocycles. The van der Waals surface area contributed by atoms with Gasteiger partial charge in [-0.1, -0.05) is 18.2 Å². The van der Waals surface area contributed by atoms with Crippen LogP contribution in [0.4, 0.5) is 13.2 Å². The SMILES string of the molecule is CC(=O)NCC(=O)N1CCO[C@H](c2cc(Cc3cccc(C(F)(F)F)c3)cc(C)n2)C1. The molecule has 0 spiro atoms. The Kier molecular flexibility index (Phi) is 6.94. The molecule has 2 amide bonds. The number of carbonyl (C=O) groups excluding carboxylic acids is 2. The number of aromatic nitrogens is 1. The number of rotatable bonds is 5. The third-order valence-electron chi connectivity index (χ3n) is 4.93. The number of benzene rings is 1. The Morgan fingerprint density at radius 1 is 1.23 bits per heavy atom. The van der Waals surface area contributed by atoms with Crippen LogP contribution in [0.3, 0.4) is 0 Å². The van der Waals surface area contributed by atoms with E-state index in [-0.39, 0.29) is 24.9 Å². The van der Waals surface area contributed by atoms with Gasteiger partial charge in [0.25, 0.3) is 0 Å². The monoisotopic (exact) mass is 435 g/mol. The van der Waals surface area contributed by atoms with Gasteiger partial charge in [0.05, 0.1) is 31.0 Å². The molecule has 9 heteroatoms. The number of aryl methyl sites for hydroxylation is 1. The van der Waals surface area contributed by atoms with Crippen molar-refractivity contribution < 1.29 is 27.5 Å². The smallest absolute Gasteiger partial charge is 0.368 e. The summed E-state index contributed by atoms with van der Waals surface area (Å²) >= 11 is 0. The van der Waals surface area contributed by atoms with Crippen LogP contribution in [0.5, 0.6) is 0 Å². The van der Waals surface area contributed by atoms with Crippen LogP contribution in [0.2, 0.25) is 0 Å². The molecule has 1 atom stereocenters. The molecule has 1 aromatic heterocycles. The fourth-order valence-electron chi connectivity index (χ4n) is 3.50. The number of amides is 2. The van der Waals surface area contributed by atoms with Crippen LogP contribution in [0.1, 0.15) is 41.1 Å². The first kappa shape index (κ1) is 22.7. The molecule has 0 bridgehead atoms. The molecule has 2 heterocycles. The minimum atomic E-state index is -4.39. The first-order chi connectivity index (χ1) is 14.6. The summed E-state index contributed by atoms with van der Waals surface area (Å²) in [6.45, 7) is 4.11. The number of halogens is 3. The van der Waals surface area contributed by atoms with Crippen molar-refractivity contribution in [2.45, 2.75) is 32.5 Å². The van der Waals surface area contributed by atoms with Crippen molar-refractivity contribution in [3.05, 3.63) is 64.5 Å². The topological polar surface area (TPSA) is 71.5 Å². The Morgan fingerprint density at radius 2 is 2.00 bits per heavy atom. The van der Waals surface area contributed by atoms with Gasteiger partial charge in [-0.25, -0.2) is 0 Å². The Balaban J connectivity index is 1.75. The van der Waals surface area contributed by atoms with Crippen LogP contribution < -0.4 is 5.32 Å². The molecule has 6 nitrogen and oxygen atoms in total. The molecular formula is C22H24F3N3O3. The second-order valence-electron chi connectivity index (χ2n) is 7.53. The van der Waals surface area contributed by atoms with E-state index >= 15 is 0 Å². The number of nitrogens with zero attached hydrogens (tertiary/aromatic N) is 2. The van der Waals surface area contributed by atoms with E-state index in [1.165, 1.54) is 13.0 Å². The zero-order valence-corrected chi connectivity index (χ0v) is 17.3. The molecular weight excluding hydrogens is 411 g/mol. The molecule has 0 aliphatic carbocycles. The molecule has 1 aromatic carbocycles. The molecule has 1 aliphatic heterocycles. The summed E-state index contributed by atoms with van der Waals surface area (Å²) in [7, 11) is 0. The third kappa shape index (κ3) is 6.27. The molecule has 31 heavy (non-hydrogen) atoms. The number of nitrogens with one attached hydrogen (secondary N) is 1. The summed E-state index contributed by atoms with van der Waals surface area (Å²) in [5, 5.41) is 2.49. The Bertz CT molecular complexity index is 963. The minimum absolute atomic E-state index is 0.0793. The van der Waals surface area contributed by atoms with Gasteiger partial charge in [0.2, 0.25) is 11.8 Å². The lowest BCUT2D eigenvalue weighted by Crippen LogP contribution is -2.46. The maximum atomic E-state index is 13.0. The lowest BCUT2D eigenvalue weighted by Gasteiger charge is -2.33. The largest absolute Gasteiger partial charge is 0.416 e. The average molecular weight is 435 g/mol. The summed E-state index contributed by atoms with van der Waals surface area (Å²) in [4.78, 5) is 29.5. The Hall–Kier alpha value is -2.94. The van der Waals surface area contributed by atoms with Crippen molar-refractivity contribution in [1.29, 1.82) is 0 Å².